The van der Waals surface area contributed by atoms with Crippen molar-refractivity contribution in [1.29, 1.82) is 0 Å². The third-order valence-corrected chi connectivity index (χ3v) is 3.18. The van der Waals surface area contributed by atoms with E-state index in [0.29, 0.717) is 12.3 Å². The molecule has 106 valence electrons. The SMILES string of the molecule is CCCNC(=O)C(C)Oc1cc(Br)ccc1C(C)N. The van der Waals surface area contributed by atoms with Gasteiger partial charge < -0.3 is 15.8 Å². The molecular weight excluding hydrogens is 308 g/mol. The molecule has 0 aromatic heterocycles. The Bertz CT molecular complexity index is 435. The van der Waals surface area contributed by atoms with Crippen LogP contribution >= 0.6 is 15.9 Å². The summed E-state index contributed by atoms with van der Waals surface area (Å²) >= 11 is 3.39. The first kappa shape index (κ1) is 16.0. The number of halogens is 1. The van der Waals surface area contributed by atoms with E-state index >= 15 is 0 Å². The lowest BCUT2D eigenvalue weighted by atomic mass is 10.1. The second kappa shape index (κ2) is 7.50. The lowest BCUT2D eigenvalue weighted by molar-refractivity contribution is -0.127. The zero-order chi connectivity index (χ0) is 14.4. The van der Waals surface area contributed by atoms with Crippen molar-refractivity contribution in [2.75, 3.05) is 6.54 Å². The average molecular weight is 329 g/mol. The Morgan fingerprint density at radius 1 is 1.47 bits per heavy atom. The van der Waals surface area contributed by atoms with E-state index in [1.54, 1.807) is 6.92 Å². The lowest BCUT2D eigenvalue weighted by Gasteiger charge is -2.19. The number of hydrogen-bond acceptors (Lipinski definition) is 3. The van der Waals surface area contributed by atoms with E-state index in [-0.39, 0.29) is 11.9 Å². The second-order valence-corrected chi connectivity index (χ2v) is 5.44. The zero-order valence-corrected chi connectivity index (χ0v) is 13.2. The summed E-state index contributed by atoms with van der Waals surface area (Å²) < 4.78 is 6.62. The normalized spacial score (nSPS) is 13.7. The van der Waals surface area contributed by atoms with Crippen molar-refractivity contribution in [1.82, 2.24) is 5.32 Å². The molecule has 2 atom stereocenters. The van der Waals surface area contributed by atoms with Crippen LogP contribution in [0.25, 0.3) is 0 Å². The van der Waals surface area contributed by atoms with Gasteiger partial charge in [-0.1, -0.05) is 28.9 Å². The summed E-state index contributed by atoms with van der Waals surface area (Å²) in [6.45, 7) is 6.29. The van der Waals surface area contributed by atoms with E-state index in [0.717, 1.165) is 16.5 Å². The Balaban J connectivity index is 2.80. The fourth-order valence-corrected chi connectivity index (χ4v) is 1.96. The fourth-order valence-electron chi connectivity index (χ4n) is 1.62. The molecular formula is C14H21BrN2O2. The van der Waals surface area contributed by atoms with E-state index in [4.69, 9.17) is 10.5 Å². The van der Waals surface area contributed by atoms with Crippen LogP contribution in [0.4, 0.5) is 0 Å². The van der Waals surface area contributed by atoms with Crippen LogP contribution in [0.1, 0.15) is 38.8 Å². The van der Waals surface area contributed by atoms with Gasteiger partial charge in [0.15, 0.2) is 6.10 Å². The maximum atomic E-state index is 11.8. The summed E-state index contributed by atoms with van der Waals surface area (Å²) in [6.07, 6.45) is 0.360. The smallest absolute Gasteiger partial charge is 0.260 e. The number of carbonyl (C=O) groups is 1. The van der Waals surface area contributed by atoms with Gasteiger partial charge in [0.05, 0.1) is 0 Å². The van der Waals surface area contributed by atoms with Crippen LogP contribution in [0.15, 0.2) is 22.7 Å². The Morgan fingerprint density at radius 3 is 2.74 bits per heavy atom. The number of benzene rings is 1. The monoisotopic (exact) mass is 328 g/mol. The summed E-state index contributed by atoms with van der Waals surface area (Å²) in [4.78, 5) is 11.8. The van der Waals surface area contributed by atoms with Crippen LogP contribution in [0.3, 0.4) is 0 Å². The molecule has 19 heavy (non-hydrogen) atoms. The maximum Gasteiger partial charge on any atom is 0.260 e. The number of amides is 1. The summed E-state index contributed by atoms with van der Waals surface area (Å²) in [5, 5.41) is 2.81. The molecule has 5 heteroatoms. The standard InChI is InChI=1S/C14H21BrN2O2/c1-4-7-17-14(18)10(3)19-13-8-11(15)5-6-12(13)9(2)16/h5-6,8-10H,4,7,16H2,1-3H3,(H,17,18). The van der Waals surface area contributed by atoms with Crippen molar-refractivity contribution in [3.8, 4) is 5.75 Å². The molecule has 0 aliphatic heterocycles. The summed E-state index contributed by atoms with van der Waals surface area (Å²) in [7, 11) is 0. The molecule has 1 rings (SSSR count). The third kappa shape index (κ3) is 4.84. The Kier molecular flexibility index (Phi) is 6.31. The number of ether oxygens (including phenoxy) is 1. The number of rotatable bonds is 6. The third-order valence-electron chi connectivity index (χ3n) is 2.69. The van der Waals surface area contributed by atoms with E-state index < -0.39 is 6.10 Å². The molecule has 1 aromatic rings. The molecule has 2 unspecified atom stereocenters. The van der Waals surface area contributed by atoms with Crippen molar-refractivity contribution in [3.05, 3.63) is 28.2 Å². The zero-order valence-electron chi connectivity index (χ0n) is 11.6. The van der Waals surface area contributed by atoms with E-state index in [9.17, 15) is 4.79 Å². The van der Waals surface area contributed by atoms with Crippen LogP contribution in [-0.4, -0.2) is 18.6 Å². The molecule has 0 heterocycles. The topological polar surface area (TPSA) is 64.3 Å². The Labute approximate surface area is 122 Å². The van der Waals surface area contributed by atoms with Gasteiger partial charge in [-0.25, -0.2) is 0 Å². The molecule has 0 saturated heterocycles. The van der Waals surface area contributed by atoms with Crippen molar-refractivity contribution in [3.63, 3.8) is 0 Å². The first-order chi connectivity index (χ1) is 8.95. The average Bonchev–Trinajstić information content (AvgIpc) is 2.35. The highest BCUT2D eigenvalue weighted by Gasteiger charge is 2.17. The maximum absolute atomic E-state index is 11.8. The Morgan fingerprint density at radius 2 is 2.16 bits per heavy atom. The minimum absolute atomic E-state index is 0.113. The van der Waals surface area contributed by atoms with Crippen molar-refractivity contribution < 1.29 is 9.53 Å². The first-order valence-electron chi connectivity index (χ1n) is 6.45. The molecule has 0 saturated carbocycles. The van der Waals surface area contributed by atoms with Crippen molar-refractivity contribution in [2.45, 2.75) is 39.3 Å². The van der Waals surface area contributed by atoms with Crippen LogP contribution in [0, 0.1) is 0 Å². The molecule has 0 aliphatic carbocycles. The molecule has 3 N–H and O–H groups in total. The largest absolute Gasteiger partial charge is 0.481 e. The van der Waals surface area contributed by atoms with E-state index in [1.165, 1.54) is 0 Å². The molecule has 4 nitrogen and oxygen atoms in total. The van der Waals surface area contributed by atoms with Gasteiger partial charge >= 0.3 is 0 Å². The molecule has 1 aromatic carbocycles. The van der Waals surface area contributed by atoms with Gasteiger partial charge in [0, 0.05) is 22.6 Å². The summed E-state index contributed by atoms with van der Waals surface area (Å²) in [6, 6.07) is 5.50. The number of hydrogen-bond donors (Lipinski definition) is 2. The first-order valence-corrected chi connectivity index (χ1v) is 7.24. The highest BCUT2D eigenvalue weighted by molar-refractivity contribution is 9.10. The molecule has 0 radical (unpaired) electrons. The predicted octanol–water partition coefficient (Wildman–Crippen LogP) is 2.76. The van der Waals surface area contributed by atoms with Crippen molar-refractivity contribution >= 4 is 21.8 Å². The van der Waals surface area contributed by atoms with E-state index in [2.05, 4.69) is 21.2 Å². The van der Waals surface area contributed by atoms with Crippen LogP contribution < -0.4 is 15.8 Å². The van der Waals surface area contributed by atoms with Gasteiger partial charge in [-0.15, -0.1) is 0 Å². The van der Waals surface area contributed by atoms with Gasteiger partial charge in [0.25, 0.3) is 5.91 Å². The van der Waals surface area contributed by atoms with Gasteiger partial charge in [-0.05, 0) is 32.4 Å². The minimum Gasteiger partial charge on any atom is -0.481 e. The quantitative estimate of drug-likeness (QED) is 0.843. The van der Waals surface area contributed by atoms with Crippen LogP contribution in [-0.2, 0) is 4.79 Å². The van der Waals surface area contributed by atoms with Crippen LogP contribution in [0.2, 0.25) is 0 Å². The van der Waals surface area contributed by atoms with Gasteiger partial charge in [-0.3, -0.25) is 4.79 Å². The number of nitrogens with two attached hydrogens (primary N) is 1. The number of nitrogens with one attached hydrogen (secondary N) is 1. The summed E-state index contributed by atoms with van der Waals surface area (Å²) in [5.74, 6) is 0.529. The van der Waals surface area contributed by atoms with E-state index in [1.807, 2.05) is 32.0 Å². The molecule has 0 fully saturated rings. The van der Waals surface area contributed by atoms with Gasteiger partial charge in [0.1, 0.15) is 5.75 Å². The molecule has 0 spiro atoms. The minimum atomic E-state index is -0.543. The molecule has 0 bridgehead atoms. The van der Waals surface area contributed by atoms with Crippen LogP contribution in [0.5, 0.6) is 5.75 Å². The molecule has 0 aliphatic rings. The lowest BCUT2D eigenvalue weighted by Crippen LogP contribution is -2.36. The van der Waals surface area contributed by atoms with Gasteiger partial charge in [0.2, 0.25) is 0 Å². The molecule has 1 amide bonds. The second-order valence-electron chi connectivity index (χ2n) is 4.52. The fraction of sp³-hybridized carbons (Fsp3) is 0.500. The Hall–Kier alpha value is -1.07. The highest BCUT2D eigenvalue weighted by Crippen LogP contribution is 2.28. The van der Waals surface area contributed by atoms with Crippen molar-refractivity contribution in [2.24, 2.45) is 5.73 Å². The highest BCUT2D eigenvalue weighted by atomic mass is 79.9. The van der Waals surface area contributed by atoms with Gasteiger partial charge in [-0.2, -0.15) is 0 Å². The predicted molar refractivity (Wildman–Crippen MR) is 80.1 cm³/mol. The summed E-state index contributed by atoms with van der Waals surface area (Å²) in [5.41, 5.74) is 6.79. The number of carbonyl (C=O) groups excluding carboxylic acids is 1.